The summed E-state index contributed by atoms with van der Waals surface area (Å²) in [5.41, 5.74) is 0.956. The summed E-state index contributed by atoms with van der Waals surface area (Å²) < 4.78 is 0.962. The van der Waals surface area contributed by atoms with Gasteiger partial charge in [-0.1, -0.05) is 35.0 Å². The van der Waals surface area contributed by atoms with E-state index in [9.17, 15) is 4.79 Å². The van der Waals surface area contributed by atoms with Crippen molar-refractivity contribution in [1.29, 1.82) is 5.26 Å². The van der Waals surface area contributed by atoms with E-state index >= 15 is 0 Å². The highest BCUT2D eigenvalue weighted by Crippen LogP contribution is 2.13. The van der Waals surface area contributed by atoms with E-state index in [1.54, 1.807) is 6.08 Å². The predicted molar refractivity (Wildman–Crippen MR) is 71.0 cm³/mol. The standard InChI is InChI=1S/C13H13BrN2O/c1-2-7-16-13(17)11(9-15)8-10-3-5-12(14)6-4-10/h3-6,8H,2,7H2,1H3,(H,16,17)/b11-8-. The van der Waals surface area contributed by atoms with Crippen molar-refractivity contribution in [3.8, 4) is 6.07 Å². The number of carbonyl (C=O) groups is 1. The Kier molecular flexibility index (Phi) is 5.44. The molecule has 0 aliphatic heterocycles. The van der Waals surface area contributed by atoms with Crippen LogP contribution in [0, 0.1) is 11.3 Å². The molecule has 0 saturated carbocycles. The lowest BCUT2D eigenvalue weighted by atomic mass is 10.1. The van der Waals surface area contributed by atoms with Crippen LogP contribution in [0.5, 0.6) is 0 Å². The van der Waals surface area contributed by atoms with Gasteiger partial charge in [0.2, 0.25) is 0 Å². The molecule has 4 heteroatoms. The number of hydrogen-bond donors (Lipinski definition) is 1. The summed E-state index contributed by atoms with van der Waals surface area (Å²) in [6.45, 7) is 2.54. The molecule has 0 aliphatic carbocycles. The maximum atomic E-state index is 11.6. The average molecular weight is 293 g/mol. The van der Waals surface area contributed by atoms with Crippen LogP contribution in [0.15, 0.2) is 34.3 Å². The molecule has 0 radical (unpaired) electrons. The van der Waals surface area contributed by atoms with Crippen LogP contribution in [0.4, 0.5) is 0 Å². The van der Waals surface area contributed by atoms with Gasteiger partial charge in [0.25, 0.3) is 5.91 Å². The van der Waals surface area contributed by atoms with E-state index in [0.29, 0.717) is 6.54 Å². The number of nitriles is 1. The number of halogens is 1. The summed E-state index contributed by atoms with van der Waals surface area (Å²) in [5, 5.41) is 11.6. The number of hydrogen-bond acceptors (Lipinski definition) is 2. The zero-order valence-electron chi connectivity index (χ0n) is 9.53. The molecule has 1 rings (SSSR count). The second-order valence-corrected chi connectivity index (χ2v) is 4.39. The SMILES string of the molecule is CCCNC(=O)/C(C#N)=C\c1ccc(Br)cc1. The van der Waals surface area contributed by atoms with Crippen molar-refractivity contribution in [3.63, 3.8) is 0 Å². The summed E-state index contributed by atoms with van der Waals surface area (Å²) in [4.78, 5) is 11.6. The summed E-state index contributed by atoms with van der Waals surface area (Å²) in [6, 6.07) is 9.33. The fraction of sp³-hybridized carbons (Fsp3) is 0.231. The maximum Gasteiger partial charge on any atom is 0.261 e. The molecular formula is C13H13BrN2O. The van der Waals surface area contributed by atoms with Crippen LogP contribution in [0.25, 0.3) is 6.08 Å². The van der Waals surface area contributed by atoms with Gasteiger partial charge in [0.15, 0.2) is 0 Å². The van der Waals surface area contributed by atoms with E-state index < -0.39 is 0 Å². The van der Waals surface area contributed by atoms with Crippen molar-refractivity contribution < 1.29 is 4.79 Å². The minimum atomic E-state index is -0.322. The largest absolute Gasteiger partial charge is 0.351 e. The second-order valence-electron chi connectivity index (χ2n) is 3.48. The van der Waals surface area contributed by atoms with Crippen molar-refractivity contribution in [2.24, 2.45) is 0 Å². The van der Waals surface area contributed by atoms with Gasteiger partial charge >= 0.3 is 0 Å². The topological polar surface area (TPSA) is 52.9 Å². The Morgan fingerprint density at radius 2 is 2.12 bits per heavy atom. The third-order valence-corrected chi connectivity index (χ3v) is 2.61. The van der Waals surface area contributed by atoms with Crippen LogP contribution in [0.2, 0.25) is 0 Å². The zero-order valence-corrected chi connectivity index (χ0v) is 11.1. The minimum absolute atomic E-state index is 0.126. The molecule has 88 valence electrons. The Morgan fingerprint density at radius 3 is 2.65 bits per heavy atom. The fourth-order valence-corrected chi connectivity index (χ4v) is 1.47. The molecule has 17 heavy (non-hydrogen) atoms. The van der Waals surface area contributed by atoms with Crippen molar-refractivity contribution in [1.82, 2.24) is 5.32 Å². The molecule has 0 bridgehead atoms. The summed E-state index contributed by atoms with van der Waals surface area (Å²) >= 11 is 3.33. The minimum Gasteiger partial charge on any atom is -0.351 e. The zero-order chi connectivity index (χ0) is 12.7. The molecule has 0 heterocycles. The normalized spacial score (nSPS) is 10.8. The number of nitrogens with one attached hydrogen (secondary N) is 1. The highest BCUT2D eigenvalue weighted by Gasteiger charge is 2.07. The van der Waals surface area contributed by atoms with Gasteiger partial charge in [-0.05, 0) is 30.2 Å². The van der Waals surface area contributed by atoms with Crippen LogP contribution in [0.3, 0.4) is 0 Å². The monoisotopic (exact) mass is 292 g/mol. The third-order valence-electron chi connectivity index (χ3n) is 2.08. The number of nitrogens with zero attached hydrogens (tertiary/aromatic N) is 1. The van der Waals surface area contributed by atoms with Gasteiger partial charge in [0.05, 0.1) is 0 Å². The molecule has 1 N–H and O–H groups in total. The Morgan fingerprint density at radius 1 is 1.47 bits per heavy atom. The molecular weight excluding hydrogens is 280 g/mol. The number of carbonyl (C=O) groups excluding carboxylic acids is 1. The molecule has 0 unspecified atom stereocenters. The van der Waals surface area contributed by atoms with Crippen LogP contribution >= 0.6 is 15.9 Å². The van der Waals surface area contributed by atoms with Gasteiger partial charge in [-0.15, -0.1) is 0 Å². The number of benzene rings is 1. The van der Waals surface area contributed by atoms with E-state index in [2.05, 4.69) is 21.2 Å². The lowest BCUT2D eigenvalue weighted by molar-refractivity contribution is -0.117. The lowest BCUT2D eigenvalue weighted by Crippen LogP contribution is -2.25. The van der Waals surface area contributed by atoms with Crippen LogP contribution in [-0.2, 0) is 4.79 Å². The molecule has 3 nitrogen and oxygen atoms in total. The van der Waals surface area contributed by atoms with E-state index in [0.717, 1.165) is 16.5 Å². The van der Waals surface area contributed by atoms with E-state index in [1.807, 2.05) is 37.3 Å². The van der Waals surface area contributed by atoms with Crippen molar-refractivity contribution in [2.45, 2.75) is 13.3 Å². The first-order valence-corrected chi connectivity index (χ1v) is 6.12. The number of amides is 1. The quantitative estimate of drug-likeness (QED) is 0.685. The molecule has 0 aromatic heterocycles. The van der Waals surface area contributed by atoms with Crippen LogP contribution < -0.4 is 5.32 Å². The van der Waals surface area contributed by atoms with Crippen LogP contribution in [-0.4, -0.2) is 12.5 Å². The van der Waals surface area contributed by atoms with Gasteiger partial charge in [-0.25, -0.2) is 0 Å². The van der Waals surface area contributed by atoms with Crippen molar-refractivity contribution in [2.75, 3.05) is 6.54 Å². The van der Waals surface area contributed by atoms with Crippen molar-refractivity contribution in [3.05, 3.63) is 39.9 Å². The van der Waals surface area contributed by atoms with Gasteiger partial charge in [-0.2, -0.15) is 5.26 Å². The highest BCUT2D eigenvalue weighted by molar-refractivity contribution is 9.10. The molecule has 0 atom stereocenters. The first-order chi connectivity index (χ1) is 8.17. The maximum absolute atomic E-state index is 11.6. The molecule has 0 saturated heterocycles. The van der Waals surface area contributed by atoms with Crippen molar-refractivity contribution >= 4 is 27.9 Å². The van der Waals surface area contributed by atoms with Gasteiger partial charge in [0.1, 0.15) is 11.6 Å². The summed E-state index contributed by atoms with van der Waals surface area (Å²) in [6.07, 6.45) is 2.43. The first kappa shape index (κ1) is 13.5. The Bertz CT molecular complexity index is 457. The fourth-order valence-electron chi connectivity index (χ4n) is 1.21. The Labute approximate surface area is 109 Å². The van der Waals surface area contributed by atoms with Gasteiger partial charge < -0.3 is 5.32 Å². The van der Waals surface area contributed by atoms with Gasteiger partial charge in [-0.3, -0.25) is 4.79 Å². The molecule has 0 fully saturated rings. The van der Waals surface area contributed by atoms with Crippen LogP contribution in [0.1, 0.15) is 18.9 Å². The van der Waals surface area contributed by atoms with E-state index in [-0.39, 0.29) is 11.5 Å². The second kappa shape index (κ2) is 6.87. The summed E-state index contributed by atoms with van der Waals surface area (Å²) in [7, 11) is 0. The molecule has 1 aromatic carbocycles. The summed E-state index contributed by atoms with van der Waals surface area (Å²) in [5.74, 6) is -0.322. The smallest absolute Gasteiger partial charge is 0.261 e. The highest BCUT2D eigenvalue weighted by atomic mass is 79.9. The van der Waals surface area contributed by atoms with Gasteiger partial charge in [0, 0.05) is 11.0 Å². The molecule has 0 spiro atoms. The lowest BCUT2D eigenvalue weighted by Gasteiger charge is -2.01. The third kappa shape index (κ3) is 4.41. The average Bonchev–Trinajstić information content (AvgIpc) is 2.35. The molecule has 0 aliphatic rings. The molecule has 1 amide bonds. The first-order valence-electron chi connectivity index (χ1n) is 5.33. The predicted octanol–water partition coefficient (Wildman–Crippen LogP) is 2.88. The number of rotatable bonds is 4. The van der Waals surface area contributed by atoms with E-state index in [4.69, 9.17) is 5.26 Å². The molecule has 1 aromatic rings. The van der Waals surface area contributed by atoms with E-state index in [1.165, 1.54) is 0 Å². The Hall–Kier alpha value is -1.60. The Balaban J connectivity index is 2.83.